The Bertz CT molecular complexity index is 1240. The number of anilines is 1. The number of ether oxygens (including phenoxy) is 1. The van der Waals surface area contributed by atoms with Crippen LogP contribution in [0.4, 0.5) is 5.69 Å². The summed E-state index contributed by atoms with van der Waals surface area (Å²) in [4.78, 5) is 12.4. The van der Waals surface area contributed by atoms with Crippen LogP contribution in [0.2, 0.25) is 0 Å². The number of rotatable bonds is 9. The fourth-order valence-electron chi connectivity index (χ4n) is 3.27. The van der Waals surface area contributed by atoms with Gasteiger partial charge in [0.2, 0.25) is 10.0 Å². The van der Waals surface area contributed by atoms with Gasteiger partial charge < -0.3 is 4.74 Å². The molecule has 1 N–H and O–H groups in total. The Balaban J connectivity index is 1.36. The molecule has 3 aromatic carbocycles. The van der Waals surface area contributed by atoms with E-state index in [2.05, 4.69) is 10.5 Å². The van der Waals surface area contributed by atoms with Crippen molar-refractivity contribution in [3.63, 3.8) is 0 Å². The van der Waals surface area contributed by atoms with Crippen LogP contribution in [-0.2, 0) is 16.6 Å². The van der Waals surface area contributed by atoms with Crippen molar-refractivity contribution in [2.24, 2.45) is 5.10 Å². The molecule has 1 heterocycles. The molecule has 0 radical (unpaired) electrons. The summed E-state index contributed by atoms with van der Waals surface area (Å²) in [6.45, 7) is 0.207. The average molecular weight is 496 g/mol. The number of amides is 1. The highest BCUT2D eigenvalue weighted by atomic mass is 32.2. The molecule has 4 rings (SSSR count). The highest BCUT2D eigenvalue weighted by molar-refractivity contribution is 8.00. The lowest BCUT2D eigenvalue weighted by Crippen LogP contribution is -2.30. The van der Waals surface area contributed by atoms with Crippen molar-refractivity contribution < 1.29 is 17.9 Å². The zero-order valence-corrected chi connectivity index (χ0v) is 20.3. The first-order valence-electron chi connectivity index (χ1n) is 10.7. The van der Waals surface area contributed by atoms with Gasteiger partial charge in [0.05, 0.1) is 24.7 Å². The second kappa shape index (κ2) is 10.8. The summed E-state index contributed by atoms with van der Waals surface area (Å²) in [5.41, 5.74) is 5.04. The molecule has 0 saturated carbocycles. The first kappa shape index (κ1) is 23.8. The van der Waals surface area contributed by atoms with Gasteiger partial charge in [0.1, 0.15) is 11.9 Å². The summed E-state index contributed by atoms with van der Waals surface area (Å²) in [5.74, 6) is 2.48. The van der Waals surface area contributed by atoms with Crippen molar-refractivity contribution in [2.75, 3.05) is 22.1 Å². The molecular weight excluding hydrogens is 470 g/mol. The number of carbonyl (C=O) groups is 1. The molecule has 1 fully saturated rings. The molecule has 1 saturated heterocycles. The molecule has 0 unspecified atom stereocenters. The Hall–Kier alpha value is -3.30. The number of hydrogen-bond acceptors (Lipinski definition) is 6. The van der Waals surface area contributed by atoms with Gasteiger partial charge in [-0.05, 0) is 59.7 Å². The third-order valence-corrected chi connectivity index (χ3v) is 7.51. The molecule has 0 bridgehead atoms. The molecule has 0 aliphatic carbocycles. The minimum Gasteiger partial charge on any atom is -0.489 e. The summed E-state index contributed by atoms with van der Waals surface area (Å²) < 4.78 is 31.8. The predicted octanol–water partition coefficient (Wildman–Crippen LogP) is 3.91. The Morgan fingerprint density at radius 2 is 1.74 bits per heavy atom. The quantitative estimate of drug-likeness (QED) is 0.359. The number of benzene rings is 3. The summed E-state index contributed by atoms with van der Waals surface area (Å²) >= 11 is 1.87. The number of hydrazone groups is 1. The average Bonchev–Trinajstić information content (AvgIpc) is 2.81. The number of sulfonamides is 1. The standard InChI is InChI=1S/C25H25N3O4S2/c1-34(30,31)28(16-20-5-3-2-4-6-20)22-11-9-21(10-12-22)25(29)27-26-15-19-7-13-23(14-8-19)32-24-17-33-18-24/h2-15,24H,16-18H2,1H3,(H,27,29)/b26-15-. The third kappa shape index (κ3) is 6.39. The maximum Gasteiger partial charge on any atom is 0.271 e. The van der Waals surface area contributed by atoms with E-state index in [9.17, 15) is 13.2 Å². The number of nitrogens with one attached hydrogen (secondary N) is 1. The fourth-order valence-corrected chi connectivity index (χ4v) is 4.72. The largest absolute Gasteiger partial charge is 0.489 e. The maximum atomic E-state index is 12.4. The Labute approximate surface area is 203 Å². The van der Waals surface area contributed by atoms with Gasteiger partial charge in [-0.25, -0.2) is 13.8 Å². The molecule has 0 atom stereocenters. The molecule has 7 nitrogen and oxygen atoms in total. The van der Waals surface area contributed by atoms with Gasteiger partial charge in [-0.1, -0.05) is 30.3 Å². The molecule has 1 aliphatic rings. The van der Waals surface area contributed by atoms with Crippen molar-refractivity contribution in [2.45, 2.75) is 12.6 Å². The smallest absolute Gasteiger partial charge is 0.271 e. The van der Waals surface area contributed by atoms with E-state index >= 15 is 0 Å². The van der Waals surface area contributed by atoms with E-state index in [4.69, 9.17) is 4.74 Å². The van der Waals surface area contributed by atoms with Crippen LogP contribution in [0.25, 0.3) is 0 Å². The van der Waals surface area contributed by atoms with E-state index in [0.717, 1.165) is 34.6 Å². The van der Waals surface area contributed by atoms with Crippen LogP contribution < -0.4 is 14.5 Å². The van der Waals surface area contributed by atoms with E-state index in [1.807, 2.05) is 66.4 Å². The van der Waals surface area contributed by atoms with Crippen molar-refractivity contribution in [1.29, 1.82) is 0 Å². The van der Waals surface area contributed by atoms with Crippen LogP contribution in [0.5, 0.6) is 5.75 Å². The molecule has 3 aromatic rings. The Kier molecular flexibility index (Phi) is 7.54. The molecule has 34 heavy (non-hydrogen) atoms. The fraction of sp³-hybridized carbons (Fsp3) is 0.200. The first-order valence-corrected chi connectivity index (χ1v) is 13.7. The van der Waals surface area contributed by atoms with Gasteiger partial charge in [0.25, 0.3) is 5.91 Å². The molecule has 9 heteroatoms. The topological polar surface area (TPSA) is 88.1 Å². The van der Waals surface area contributed by atoms with Crippen molar-refractivity contribution in [3.05, 3.63) is 95.6 Å². The Morgan fingerprint density at radius 1 is 1.06 bits per heavy atom. The molecular formula is C25H25N3O4S2. The van der Waals surface area contributed by atoms with Gasteiger partial charge in [-0.15, -0.1) is 0 Å². The van der Waals surface area contributed by atoms with Gasteiger partial charge in [0, 0.05) is 17.1 Å². The summed E-state index contributed by atoms with van der Waals surface area (Å²) in [5, 5.41) is 4.01. The van der Waals surface area contributed by atoms with Crippen molar-refractivity contribution in [3.8, 4) is 5.75 Å². The van der Waals surface area contributed by atoms with Gasteiger partial charge in [0.15, 0.2) is 0 Å². The minimum absolute atomic E-state index is 0.207. The minimum atomic E-state index is -3.50. The number of nitrogens with zero attached hydrogens (tertiary/aromatic N) is 2. The number of thioether (sulfide) groups is 1. The van der Waals surface area contributed by atoms with Gasteiger partial charge in [-0.3, -0.25) is 9.10 Å². The third-order valence-electron chi connectivity index (χ3n) is 5.16. The summed E-state index contributed by atoms with van der Waals surface area (Å²) in [6, 6.07) is 23.2. The molecule has 0 spiro atoms. The van der Waals surface area contributed by atoms with Crippen LogP contribution >= 0.6 is 11.8 Å². The molecule has 1 amide bonds. The summed E-state index contributed by atoms with van der Waals surface area (Å²) in [7, 11) is -3.50. The lowest BCUT2D eigenvalue weighted by atomic mass is 10.2. The second-order valence-corrected chi connectivity index (χ2v) is 10.8. The van der Waals surface area contributed by atoms with E-state index in [1.165, 1.54) is 4.31 Å². The van der Waals surface area contributed by atoms with E-state index in [1.54, 1.807) is 30.5 Å². The number of hydrogen-bond donors (Lipinski definition) is 1. The van der Waals surface area contributed by atoms with Crippen molar-refractivity contribution >= 4 is 39.6 Å². The predicted molar refractivity (Wildman–Crippen MR) is 137 cm³/mol. The van der Waals surface area contributed by atoms with Crippen LogP contribution in [0.15, 0.2) is 84.0 Å². The van der Waals surface area contributed by atoms with Gasteiger partial charge >= 0.3 is 0 Å². The SMILES string of the molecule is CS(=O)(=O)N(Cc1ccccc1)c1ccc(C(=O)N/N=C\c2ccc(OC3CSC3)cc2)cc1. The first-order chi connectivity index (χ1) is 16.4. The highest BCUT2D eigenvalue weighted by Crippen LogP contribution is 2.24. The molecule has 1 aliphatic heterocycles. The molecule has 176 valence electrons. The molecule has 0 aromatic heterocycles. The Morgan fingerprint density at radius 3 is 2.32 bits per heavy atom. The lowest BCUT2D eigenvalue weighted by molar-refractivity contribution is 0.0955. The van der Waals surface area contributed by atoms with Crippen LogP contribution in [0.3, 0.4) is 0 Å². The lowest BCUT2D eigenvalue weighted by Gasteiger charge is -2.25. The monoisotopic (exact) mass is 495 g/mol. The van der Waals surface area contributed by atoms with E-state index in [0.29, 0.717) is 11.3 Å². The second-order valence-electron chi connectivity index (χ2n) is 7.85. The maximum absolute atomic E-state index is 12.4. The van der Waals surface area contributed by atoms with Gasteiger partial charge in [-0.2, -0.15) is 16.9 Å². The zero-order chi connectivity index (χ0) is 24.0. The summed E-state index contributed by atoms with van der Waals surface area (Å²) in [6.07, 6.45) is 3.01. The van der Waals surface area contributed by atoms with E-state index < -0.39 is 10.0 Å². The van der Waals surface area contributed by atoms with E-state index in [-0.39, 0.29) is 18.6 Å². The van der Waals surface area contributed by atoms with Crippen LogP contribution in [0, 0.1) is 0 Å². The zero-order valence-electron chi connectivity index (χ0n) is 18.6. The highest BCUT2D eigenvalue weighted by Gasteiger charge is 2.20. The van der Waals surface area contributed by atoms with Crippen molar-refractivity contribution in [1.82, 2.24) is 5.43 Å². The normalized spacial score (nSPS) is 13.9. The van der Waals surface area contributed by atoms with Crippen LogP contribution in [-0.4, -0.2) is 44.4 Å². The van der Waals surface area contributed by atoms with Crippen LogP contribution in [0.1, 0.15) is 21.5 Å². The number of carbonyl (C=O) groups excluding carboxylic acids is 1.